The van der Waals surface area contributed by atoms with Crippen LogP contribution in [-0.2, 0) is 7.05 Å². The van der Waals surface area contributed by atoms with Crippen molar-refractivity contribution in [3.05, 3.63) is 17.5 Å². The zero-order chi connectivity index (χ0) is 12.4. The SMILES string of the molecule is Cc1nn(C)cc1C(=O)N1CCNCC1C#N. The lowest BCUT2D eigenvalue weighted by molar-refractivity contribution is 0.0686. The molecule has 1 unspecified atom stereocenters. The molecule has 0 aliphatic carbocycles. The Bertz CT molecular complexity index is 473. The molecule has 1 aromatic rings. The van der Waals surface area contributed by atoms with Gasteiger partial charge in [-0.3, -0.25) is 9.48 Å². The zero-order valence-corrected chi connectivity index (χ0v) is 9.97. The summed E-state index contributed by atoms with van der Waals surface area (Å²) in [6.07, 6.45) is 1.70. The van der Waals surface area contributed by atoms with E-state index in [1.165, 1.54) is 0 Å². The Balaban J connectivity index is 2.24. The number of rotatable bonds is 1. The Labute approximate surface area is 99.8 Å². The van der Waals surface area contributed by atoms with Crippen molar-refractivity contribution in [2.75, 3.05) is 19.6 Å². The fraction of sp³-hybridized carbons (Fsp3) is 0.545. The number of aromatic nitrogens is 2. The average Bonchev–Trinajstić information content (AvgIpc) is 2.67. The molecule has 1 aliphatic rings. The van der Waals surface area contributed by atoms with Crippen molar-refractivity contribution < 1.29 is 4.79 Å². The van der Waals surface area contributed by atoms with Crippen LogP contribution in [0.3, 0.4) is 0 Å². The van der Waals surface area contributed by atoms with Crippen LogP contribution in [0.5, 0.6) is 0 Å². The van der Waals surface area contributed by atoms with Gasteiger partial charge in [-0.25, -0.2) is 0 Å². The molecule has 1 atom stereocenters. The number of nitriles is 1. The fourth-order valence-electron chi connectivity index (χ4n) is 2.03. The highest BCUT2D eigenvalue weighted by Crippen LogP contribution is 2.12. The van der Waals surface area contributed by atoms with Gasteiger partial charge in [-0.1, -0.05) is 0 Å². The number of aryl methyl sites for hydroxylation is 2. The molecule has 0 bridgehead atoms. The highest BCUT2D eigenvalue weighted by atomic mass is 16.2. The van der Waals surface area contributed by atoms with Crippen molar-refractivity contribution in [3.8, 4) is 6.07 Å². The van der Waals surface area contributed by atoms with E-state index in [9.17, 15) is 4.79 Å². The van der Waals surface area contributed by atoms with Crippen LogP contribution in [0.1, 0.15) is 16.1 Å². The Kier molecular flexibility index (Phi) is 3.11. The Morgan fingerprint density at radius 1 is 1.71 bits per heavy atom. The fourth-order valence-corrected chi connectivity index (χ4v) is 2.03. The third kappa shape index (κ3) is 2.15. The molecule has 0 radical (unpaired) electrons. The standard InChI is InChI=1S/C11H15N5O/c1-8-10(7-15(2)14-8)11(17)16-4-3-13-6-9(16)5-12/h7,9,13H,3-4,6H2,1-2H3. The van der Waals surface area contributed by atoms with Crippen molar-refractivity contribution in [2.45, 2.75) is 13.0 Å². The van der Waals surface area contributed by atoms with Gasteiger partial charge < -0.3 is 10.2 Å². The first-order chi connectivity index (χ1) is 8.13. The molecule has 6 nitrogen and oxygen atoms in total. The first-order valence-electron chi connectivity index (χ1n) is 5.55. The van der Waals surface area contributed by atoms with Crippen LogP contribution < -0.4 is 5.32 Å². The monoisotopic (exact) mass is 233 g/mol. The van der Waals surface area contributed by atoms with Gasteiger partial charge >= 0.3 is 0 Å². The minimum absolute atomic E-state index is 0.108. The first-order valence-corrected chi connectivity index (χ1v) is 5.55. The molecule has 0 spiro atoms. The van der Waals surface area contributed by atoms with Gasteiger partial charge in [0.05, 0.1) is 17.3 Å². The van der Waals surface area contributed by atoms with E-state index in [-0.39, 0.29) is 5.91 Å². The van der Waals surface area contributed by atoms with E-state index in [0.717, 1.165) is 6.54 Å². The number of nitrogens with one attached hydrogen (secondary N) is 1. The molecule has 1 saturated heterocycles. The molecule has 2 heterocycles. The predicted molar refractivity (Wildman–Crippen MR) is 61.3 cm³/mol. The number of hydrogen-bond acceptors (Lipinski definition) is 4. The van der Waals surface area contributed by atoms with Crippen LogP contribution in [0, 0.1) is 18.3 Å². The minimum atomic E-state index is -0.393. The maximum atomic E-state index is 12.3. The van der Waals surface area contributed by atoms with Crippen molar-refractivity contribution in [1.82, 2.24) is 20.0 Å². The molecular weight excluding hydrogens is 218 g/mol. The summed E-state index contributed by atoms with van der Waals surface area (Å²) in [6.45, 7) is 3.62. The quantitative estimate of drug-likeness (QED) is 0.720. The van der Waals surface area contributed by atoms with Crippen LogP contribution in [0.15, 0.2) is 6.20 Å². The lowest BCUT2D eigenvalue weighted by Gasteiger charge is -2.31. The second kappa shape index (κ2) is 4.55. The molecule has 0 aromatic carbocycles. The maximum Gasteiger partial charge on any atom is 0.258 e. The second-order valence-corrected chi connectivity index (χ2v) is 4.15. The number of carbonyl (C=O) groups excluding carboxylic acids is 1. The zero-order valence-electron chi connectivity index (χ0n) is 9.97. The van der Waals surface area contributed by atoms with Gasteiger partial charge in [0.2, 0.25) is 0 Å². The number of hydrogen-bond donors (Lipinski definition) is 1. The molecule has 2 rings (SSSR count). The highest BCUT2D eigenvalue weighted by molar-refractivity contribution is 5.95. The molecule has 17 heavy (non-hydrogen) atoms. The summed E-state index contributed by atoms with van der Waals surface area (Å²) in [5.41, 5.74) is 1.28. The molecule has 6 heteroatoms. The highest BCUT2D eigenvalue weighted by Gasteiger charge is 2.28. The Morgan fingerprint density at radius 2 is 2.47 bits per heavy atom. The van der Waals surface area contributed by atoms with Crippen LogP contribution in [0.2, 0.25) is 0 Å². The first kappa shape index (κ1) is 11.6. The minimum Gasteiger partial charge on any atom is -0.320 e. The summed E-state index contributed by atoms with van der Waals surface area (Å²) in [4.78, 5) is 13.9. The number of piperazine rings is 1. The van der Waals surface area contributed by atoms with Gasteiger partial charge in [-0.2, -0.15) is 10.4 Å². The van der Waals surface area contributed by atoms with E-state index in [0.29, 0.717) is 24.3 Å². The Hall–Kier alpha value is -1.87. The lowest BCUT2D eigenvalue weighted by atomic mass is 10.1. The molecule has 0 saturated carbocycles. The van der Waals surface area contributed by atoms with E-state index < -0.39 is 6.04 Å². The third-order valence-corrected chi connectivity index (χ3v) is 2.90. The van der Waals surface area contributed by atoms with E-state index in [1.807, 2.05) is 0 Å². The van der Waals surface area contributed by atoms with Crippen LogP contribution in [-0.4, -0.2) is 46.3 Å². The van der Waals surface area contributed by atoms with Gasteiger partial charge in [0.15, 0.2) is 0 Å². The summed E-state index contributed by atoms with van der Waals surface area (Å²) in [7, 11) is 1.78. The average molecular weight is 233 g/mol. The van der Waals surface area contributed by atoms with Crippen molar-refractivity contribution >= 4 is 5.91 Å². The van der Waals surface area contributed by atoms with E-state index in [4.69, 9.17) is 5.26 Å². The van der Waals surface area contributed by atoms with Gasteiger partial charge in [0.1, 0.15) is 6.04 Å². The van der Waals surface area contributed by atoms with Gasteiger partial charge in [0.25, 0.3) is 5.91 Å². The molecule has 1 fully saturated rings. The third-order valence-electron chi connectivity index (χ3n) is 2.90. The van der Waals surface area contributed by atoms with Crippen LogP contribution in [0.25, 0.3) is 0 Å². The van der Waals surface area contributed by atoms with E-state index in [1.54, 1.807) is 29.7 Å². The van der Waals surface area contributed by atoms with Crippen LogP contribution >= 0.6 is 0 Å². The number of carbonyl (C=O) groups is 1. The molecule has 1 aliphatic heterocycles. The predicted octanol–water partition coefficient (Wildman–Crippen LogP) is -0.334. The summed E-state index contributed by atoms with van der Waals surface area (Å²) in [5.74, 6) is -0.108. The smallest absolute Gasteiger partial charge is 0.258 e. The second-order valence-electron chi connectivity index (χ2n) is 4.15. The van der Waals surface area contributed by atoms with Crippen molar-refractivity contribution in [1.29, 1.82) is 5.26 Å². The van der Waals surface area contributed by atoms with Gasteiger partial charge in [-0.15, -0.1) is 0 Å². The maximum absolute atomic E-state index is 12.3. The molecule has 90 valence electrons. The van der Waals surface area contributed by atoms with E-state index in [2.05, 4.69) is 16.5 Å². The van der Waals surface area contributed by atoms with Gasteiger partial charge in [-0.05, 0) is 6.92 Å². The molecule has 1 aromatic heterocycles. The van der Waals surface area contributed by atoms with Crippen molar-refractivity contribution in [2.24, 2.45) is 7.05 Å². The normalized spacial score (nSPS) is 20.1. The Morgan fingerprint density at radius 3 is 3.06 bits per heavy atom. The lowest BCUT2D eigenvalue weighted by Crippen LogP contribution is -2.53. The summed E-state index contributed by atoms with van der Waals surface area (Å²) < 4.78 is 1.62. The van der Waals surface area contributed by atoms with Gasteiger partial charge in [0, 0.05) is 32.9 Å². The topological polar surface area (TPSA) is 74.0 Å². The summed E-state index contributed by atoms with van der Waals surface area (Å²) in [5, 5.41) is 16.3. The largest absolute Gasteiger partial charge is 0.320 e. The van der Waals surface area contributed by atoms with Crippen LogP contribution in [0.4, 0.5) is 0 Å². The number of amides is 1. The molecular formula is C11H15N5O. The van der Waals surface area contributed by atoms with E-state index >= 15 is 0 Å². The molecule has 1 amide bonds. The number of nitrogens with zero attached hydrogens (tertiary/aromatic N) is 4. The molecule has 1 N–H and O–H groups in total. The summed E-state index contributed by atoms with van der Waals surface area (Å²) >= 11 is 0. The summed E-state index contributed by atoms with van der Waals surface area (Å²) in [6, 6.07) is 1.75. The van der Waals surface area contributed by atoms with Crippen molar-refractivity contribution in [3.63, 3.8) is 0 Å².